The van der Waals surface area contributed by atoms with Crippen LogP contribution < -0.4 is 0 Å². The Balaban J connectivity index is 0.000000278. The minimum absolute atomic E-state index is 0.0641. The number of rotatable bonds is 18. The van der Waals surface area contributed by atoms with Gasteiger partial charge in [0.05, 0.1) is 16.2 Å². The van der Waals surface area contributed by atoms with E-state index < -0.39 is 16.4 Å². The van der Waals surface area contributed by atoms with Gasteiger partial charge in [-0.25, -0.2) is 0 Å². The van der Waals surface area contributed by atoms with Crippen LogP contribution >= 0.6 is 0 Å². The number of esters is 3. The highest BCUT2D eigenvalue weighted by atomic mass is 16.6. The van der Waals surface area contributed by atoms with Crippen molar-refractivity contribution in [2.24, 2.45) is 16.2 Å². The van der Waals surface area contributed by atoms with E-state index in [9.17, 15) is 14.4 Å². The van der Waals surface area contributed by atoms with Crippen LogP contribution in [-0.4, -0.2) is 38.8 Å². The van der Waals surface area contributed by atoms with Gasteiger partial charge in [-0.1, -0.05) is 172 Å². The van der Waals surface area contributed by atoms with Crippen molar-refractivity contribution in [3.8, 4) is 17.2 Å². The Kier molecular flexibility index (Phi) is 31.2. The Morgan fingerprint density at radius 1 is 0.414 bits per heavy atom. The monoisotopic (exact) mass is 1190 g/mol. The molecule has 87 heavy (non-hydrogen) atoms. The van der Waals surface area contributed by atoms with Crippen molar-refractivity contribution in [2.75, 3.05) is 0 Å². The van der Waals surface area contributed by atoms with Gasteiger partial charge in [0, 0.05) is 0 Å². The molecule has 0 aromatic heterocycles. The largest absolute Gasteiger partial charge is 0.508 e. The maximum absolute atomic E-state index is 12.5. The molecule has 8 rings (SSSR count). The molecule has 3 saturated carbocycles. The van der Waals surface area contributed by atoms with E-state index in [1.54, 1.807) is 36.4 Å². The maximum Gasteiger partial charge on any atom is 0.312 e. The lowest BCUT2D eigenvalue weighted by atomic mass is 9.79. The second kappa shape index (κ2) is 36.2. The molecule has 0 spiro atoms. The van der Waals surface area contributed by atoms with E-state index in [1.165, 1.54) is 23.1 Å². The van der Waals surface area contributed by atoms with Gasteiger partial charge in [-0.2, -0.15) is 0 Å². The molecule has 0 bridgehead atoms. The summed E-state index contributed by atoms with van der Waals surface area (Å²) in [7, 11) is 0. The van der Waals surface area contributed by atoms with Crippen LogP contribution in [0.4, 0.5) is 0 Å². The van der Waals surface area contributed by atoms with Crippen molar-refractivity contribution >= 4 is 17.9 Å². The summed E-state index contributed by atoms with van der Waals surface area (Å²) in [6, 6.07) is 42.8. The fourth-order valence-corrected chi connectivity index (χ4v) is 10.3. The number of hydrogen-bond donors (Lipinski definition) is 3. The zero-order valence-electron chi connectivity index (χ0n) is 56.4. The molecule has 0 amide bonds. The Labute approximate surface area is 527 Å². The van der Waals surface area contributed by atoms with Crippen LogP contribution in [0.2, 0.25) is 0 Å². The molecule has 0 radical (unpaired) electrons. The quantitative estimate of drug-likeness (QED) is 0.0444. The molecule has 5 aromatic carbocycles. The lowest BCUT2D eigenvalue weighted by molar-refractivity contribution is -0.176. The molecule has 480 valence electrons. The average molecular weight is 1200 g/mol. The van der Waals surface area contributed by atoms with Crippen LogP contribution in [0, 0.1) is 16.2 Å². The highest BCUT2D eigenvalue weighted by molar-refractivity contribution is 5.77. The summed E-state index contributed by atoms with van der Waals surface area (Å²) in [6.45, 7) is 34.7. The lowest BCUT2D eigenvalue weighted by Gasteiger charge is -2.39. The van der Waals surface area contributed by atoms with E-state index in [0.717, 1.165) is 127 Å². The van der Waals surface area contributed by atoms with Crippen molar-refractivity contribution in [1.29, 1.82) is 0 Å². The van der Waals surface area contributed by atoms with E-state index in [2.05, 4.69) is 72.4 Å². The van der Waals surface area contributed by atoms with Gasteiger partial charge < -0.3 is 29.5 Å². The summed E-state index contributed by atoms with van der Waals surface area (Å²) in [5.74, 6) is 2.59. The molecule has 3 unspecified atom stereocenters. The summed E-state index contributed by atoms with van der Waals surface area (Å²) >= 11 is 0. The first kappa shape index (κ1) is 74.9. The summed E-state index contributed by atoms with van der Waals surface area (Å²) in [5, 5.41) is 27.0. The molecule has 0 heterocycles. The predicted octanol–water partition coefficient (Wildman–Crippen LogP) is 21.4. The zero-order valence-corrected chi connectivity index (χ0v) is 56.4. The first-order valence-corrected chi connectivity index (χ1v) is 33.0. The molecule has 3 N–H and O–H groups in total. The van der Waals surface area contributed by atoms with Gasteiger partial charge in [-0.3, -0.25) is 14.4 Å². The molecule has 3 fully saturated rings. The molecule has 9 nitrogen and oxygen atoms in total. The minimum atomic E-state index is -0.404. The number of phenols is 3. The Hall–Kier alpha value is -6.35. The standard InChI is InChI=1S/C18H26O2.C17H24O2.C13H22O2.3C10H14O/c1-4-17(2,3)16(19)20-18(13-9-6-10-14-18)15-11-7-5-8-12-15;1-4-16(2,3)15(18)19-17(12-8-9-13-17)14-10-6-5-7-11-14;1-5-12(3,4)11(14)15-13(6-2)9-7-8-10-13;3*1-3-8(2)9-4-6-10(11)7-5-9/h5,7-8,11-12H,4,6,9-10,13-14H2,1-3H3;5-7,10-11H,4,8-9,12-13H2,1-3H3;6H,2,5,7-10H2,1,3-4H3;3*4-8,11H,3H2,1-2H3. The van der Waals surface area contributed by atoms with Gasteiger partial charge in [0.1, 0.15) is 34.1 Å². The molecule has 0 aliphatic heterocycles. The van der Waals surface area contributed by atoms with Gasteiger partial charge in [-0.05, 0) is 245 Å². The number of aromatic hydroxyl groups is 3. The minimum Gasteiger partial charge on any atom is -0.508 e. The van der Waals surface area contributed by atoms with Crippen molar-refractivity contribution in [1.82, 2.24) is 0 Å². The van der Waals surface area contributed by atoms with Crippen LogP contribution in [0.5, 0.6) is 17.2 Å². The van der Waals surface area contributed by atoms with Crippen molar-refractivity contribution in [3.63, 3.8) is 0 Å². The number of ether oxygens (including phenoxy) is 3. The third kappa shape index (κ3) is 23.6. The molecule has 3 aliphatic rings. The van der Waals surface area contributed by atoms with Crippen molar-refractivity contribution in [2.45, 2.75) is 260 Å². The van der Waals surface area contributed by atoms with Gasteiger partial charge in [-0.15, -0.1) is 0 Å². The fraction of sp³-hybridized carbons (Fsp3) is 0.551. The third-order valence-electron chi connectivity index (χ3n) is 18.9. The van der Waals surface area contributed by atoms with Crippen LogP contribution in [-0.2, 0) is 39.8 Å². The Morgan fingerprint density at radius 2 is 0.667 bits per heavy atom. The van der Waals surface area contributed by atoms with E-state index in [4.69, 9.17) is 29.5 Å². The zero-order chi connectivity index (χ0) is 64.9. The number of hydrogen-bond acceptors (Lipinski definition) is 9. The molecule has 3 aliphatic carbocycles. The van der Waals surface area contributed by atoms with Gasteiger partial charge in [0.15, 0.2) is 0 Å². The molecular weight excluding hydrogens is 1080 g/mol. The second-order valence-electron chi connectivity index (χ2n) is 26.5. The predicted molar refractivity (Wildman–Crippen MR) is 360 cm³/mol. The molecule has 3 atom stereocenters. The van der Waals surface area contributed by atoms with Crippen molar-refractivity contribution < 1.29 is 43.9 Å². The van der Waals surface area contributed by atoms with Crippen LogP contribution in [0.3, 0.4) is 0 Å². The number of benzene rings is 5. The van der Waals surface area contributed by atoms with Crippen LogP contribution in [0.15, 0.2) is 146 Å². The average Bonchev–Trinajstić information content (AvgIpc) is 3.07. The fourth-order valence-electron chi connectivity index (χ4n) is 10.3. The Morgan fingerprint density at radius 3 is 0.920 bits per heavy atom. The molecule has 9 heteroatoms. The highest BCUT2D eigenvalue weighted by Crippen LogP contribution is 2.45. The SMILES string of the molecule is C=CC1(OC(=O)C(C)(C)CC)CCCC1.CCC(C)(C)C(=O)OC1(c2ccccc2)CCCC1.CCC(C)(C)C(=O)OC1(c2ccccc2)CCCCC1.CCC(C)c1ccc(O)cc1.CCC(C)c1ccc(O)cc1.CCC(C)c1ccc(O)cc1. The van der Waals surface area contributed by atoms with E-state index in [-0.39, 0.29) is 34.5 Å². The second-order valence-corrected chi connectivity index (χ2v) is 26.5. The van der Waals surface area contributed by atoms with Gasteiger partial charge in [0.25, 0.3) is 0 Å². The maximum atomic E-state index is 12.5. The summed E-state index contributed by atoms with van der Waals surface area (Å²) < 4.78 is 17.7. The molecule has 5 aromatic rings. The topological polar surface area (TPSA) is 140 Å². The van der Waals surface area contributed by atoms with Crippen LogP contribution in [0.1, 0.15) is 271 Å². The lowest BCUT2D eigenvalue weighted by Crippen LogP contribution is -2.39. The first-order valence-electron chi connectivity index (χ1n) is 33.0. The highest BCUT2D eigenvalue weighted by Gasteiger charge is 2.44. The summed E-state index contributed by atoms with van der Waals surface area (Å²) in [6.07, 6.45) is 21.3. The molecule has 0 saturated heterocycles. The smallest absolute Gasteiger partial charge is 0.312 e. The summed E-state index contributed by atoms with van der Waals surface area (Å²) in [5.41, 5.74) is 3.85. The number of carbonyl (C=O) groups is 3. The molecular formula is C78H114O9. The van der Waals surface area contributed by atoms with E-state index in [1.807, 2.05) is 141 Å². The van der Waals surface area contributed by atoms with E-state index >= 15 is 0 Å². The van der Waals surface area contributed by atoms with Crippen molar-refractivity contribution in [3.05, 3.63) is 174 Å². The van der Waals surface area contributed by atoms with E-state index in [0.29, 0.717) is 35.0 Å². The number of phenolic OH excluding ortho intramolecular Hbond substituents is 3. The van der Waals surface area contributed by atoms with Gasteiger partial charge in [0.2, 0.25) is 0 Å². The normalized spacial score (nSPS) is 16.6. The Bertz CT molecular complexity index is 2600. The number of carbonyl (C=O) groups excluding carboxylic acids is 3. The van der Waals surface area contributed by atoms with Crippen LogP contribution in [0.25, 0.3) is 0 Å². The summed E-state index contributed by atoms with van der Waals surface area (Å²) in [4.78, 5) is 36.9. The first-order chi connectivity index (χ1) is 41.2. The third-order valence-corrected chi connectivity index (χ3v) is 18.9. The van der Waals surface area contributed by atoms with Gasteiger partial charge >= 0.3 is 17.9 Å².